The first-order chi connectivity index (χ1) is 9.24. The minimum atomic E-state index is -0.177. The van der Waals surface area contributed by atoms with Crippen LogP contribution in [0.25, 0.3) is 0 Å². The Labute approximate surface area is 115 Å². The maximum Gasteiger partial charge on any atom is 0.124 e. The molecule has 0 aliphatic carbocycles. The Bertz CT molecular complexity index is 357. The van der Waals surface area contributed by atoms with Crippen molar-refractivity contribution in [3.05, 3.63) is 29.8 Å². The number of rotatable bonds is 9. The lowest BCUT2D eigenvalue weighted by Gasteiger charge is -2.24. The summed E-state index contributed by atoms with van der Waals surface area (Å²) in [6, 6.07) is 7.67. The molecule has 1 aromatic rings. The molecule has 108 valence electrons. The summed E-state index contributed by atoms with van der Waals surface area (Å²) in [5.74, 6) is 0.810. The highest BCUT2D eigenvalue weighted by Crippen LogP contribution is 2.28. The summed E-state index contributed by atoms with van der Waals surface area (Å²) < 4.78 is 16.2. The first-order valence-electron chi connectivity index (χ1n) is 6.73. The molecule has 0 aliphatic heterocycles. The molecule has 4 heteroatoms. The topological polar surface area (TPSA) is 53.7 Å². The van der Waals surface area contributed by atoms with Gasteiger partial charge >= 0.3 is 0 Å². The van der Waals surface area contributed by atoms with Gasteiger partial charge in [-0.2, -0.15) is 0 Å². The van der Waals surface area contributed by atoms with E-state index in [0.717, 1.165) is 24.2 Å². The van der Waals surface area contributed by atoms with Gasteiger partial charge in [0.25, 0.3) is 0 Å². The van der Waals surface area contributed by atoms with Crippen LogP contribution in [0.15, 0.2) is 24.3 Å². The van der Waals surface area contributed by atoms with Crippen LogP contribution in [0.1, 0.15) is 31.4 Å². The van der Waals surface area contributed by atoms with Crippen LogP contribution in [0.4, 0.5) is 0 Å². The van der Waals surface area contributed by atoms with E-state index in [1.165, 1.54) is 0 Å². The van der Waals surface area contributed by atoms with E-state index in [-0.39, 0.29) is 12.1 Å². The second-order valence-corrected chi connectivity index (χ2v) is 4.47. The van der Waals surface area contributed by atoms with Crippen LogP contribution in [0.3, 0.4) is 0 Å². The number of benzene rings is 1. The molecular formula is C15H25NO3. The molecular weight excluding hydrogens is 242 g/mol. The van der Waals surface area contributed by atoms with Crippen molar-refractivity contribution in [2.24, 2.45) is 5.73 Å². The normalized spacial score (nSPS) is 14.1. The molecule has 0 heterocycles. The molecule has 2 atom stereocenters. The van der Waals surface area contributed by atoms with Crippen molar-refractivity contribution in [2.45, 2.75) is 31.9 Å². The molecule has 0 bridgehead atoms. The summed E-state index contributed by atoms with van der Waals surface area (Å²) in [7, 11) is 3.36. The summed E-state index contributed by atoms with van der Waals surface area (Å²) in [6.45, 7) is 3.21. The highest BCUT2D eigenvalue weighted by Gasteiger charge is 2.21. The number of ether oxygens (including phenoxy) is 3. The zero-order valence-electron chi connectivity index (χ0n) is 12.1. The zero-order chi connectivity index (χ0) is 14.1. The molecule has 1 rings (SSSR count). The number of hydrogen-bond acceptors (Lipinski definition) is 4. The highest BCUT2D eigenvalue weighted by molar-refractivity contribution is 5.36. The van der Waals surface area contributed by atoms with Gasteiger partial charge in [-0.1, -0.05) is 31.5 Å². The Morgan fingerprint density at radius 1 is 1.16 bits per heavy atom. The van der Waals surface area contributed by atoms with Gasteiger partial charge in [0.2, 0.25) is 0 Å². The third-order valence-electron chi connectivity index (χ3n) is 3.10. The summed E-state index contributed by atoms with van der Waals surface area (Å²) in [6.07, 6.45) is 1.99. The van der Waals surface area contributed by atoms with Gasteiger partial charge < -0.3 is 19.9 Å². The van der Waals surface area contributed by atoms with Gasteiger partial charge in [0.05, 0.1) is 18.8 Å². The first kappa shape index (κ1) is 16.0. The van der Waals surface area contributed by atoms with E-state index < -0.39 is 0 Å². The monoisotopic (exact) mass is 267 g/mol. The second kappa shape index (κ2) is 8.91. The van der Waals surface area contributed by atoms with E-state index in [2.05, 4.69) is 6.92 Å². The van der Waals surface area contributed by atoms with Crippen molar-refractivity contribution in [2.75, 3.05) is 27.4 Å². The zero-order valence-corrected chi connectivity index (χ0v) is 12.1. The fourth-order valence-corrected chi connectivity index (χ4v) is 2.05. The number of nitrogens with two attached hydrogens (primary N) is 1. The second-order valence-electron chi connectivity index (χ2n) is 4.47. The maximum atomic E-state index is 6.30. The Kier molecular flexibility index (Phi) is 7.48. The molecule has 19 heavy (non-hydrogen) atoms. The predicted octanol–water partition coefficient (Wildman–Crippen LogP) is 2.53. The quantitative estimate of drug-likeness (QED) is 0.699. The van der Waals surface area contributed by atoms with E-state index in [1.807, 2.05) is 24.3 Å². The largest absolute Gasteiger partial charge is 0.491 e. The molecule has 0 amide bonds. The standard InChI is InChI=1S/C15H25NO3/c1-4-7-14(18-3)15(16)12-8-5-6-9-13(12)19-11-10-17-2/h5-6,8-9,14-15H,4,7,10-11,16H2,1-3H3. The van der Waals surface area contributed by atoms with Crippen LogP contribution >= 0.6 is 0 Å². The van der Waals surface area contributed by atoms with Gasteiger partial charge in [-0.15, -0.1) is 0 Å². The van der Waals surface area contributed by atoms with Crippen molar-refractivity contribution in [3.63, 3.8) is 0 Å². The summed E-state index contributed by atoms with van der Waals surface area (Å²) in [5, 5.41) is 0. The minimum absolute atomic E-state index is 0.0113. The SMILES string of the molecule is CCCC(OC)C(N)c1ccccc1OCCOC. The van der Waals surface area contributed by atoms with Crippen LogP contribution in [-0.4, -0.2) is 33.5 Å². The summed E-state index contributed by atoms with van der Waals surface area (Å²) in [4.78, 5) is 0. The highest BCUT2D eigenvalue weighted by atomic mass is 16.5. The average molecular weight is 267 g/mol. The van der Waals surface area contributed by atoms with E-state index in [0.29, 0.717) is 13.2 Å². The van der Waals surface area contributed by atoms with Crippen molar-refractivity contribution in [3.8, 4) is 5.75 Å². The fourth-order valence-electron chi connectivity index (χ4n) is 2.05. The molecule has 0 radical (unpaired) electrons. The number of para-hydroxylation sites is 1. The van der Waals surface area contributed by atoms with Gasteiger partial charge in [0.1, 0.15) is 12.4 Å². The molecule has 4 nitrogen and oxygen atoms in total. The van der Waals surface area contributed by atoms with Crippen molar-refractivity contribution >= 4 is 0 Å². The Morgan fingerprint density at radius 2 is 1.89 bits per heavy atom. The lowest BCUT2D eigenvalue weighted by Crippen LogP contribution is -2.28. The Morgan fingerprint density at radius 3 is 2.53 bits per heavy atom. The van der Waals surface area contributed by atoms with Crippen LogP contribution < -0.4 is 10.5 Å². The summed E-state index contributed by atoms with van der Waals surface area (Å²) in [5.41, 5.74) is 7.29. The van der Waals surface area contributed by atoms with Gasteiger partial charge in [-0.3, -0.25) is 0 Å². The van der Waals surface area contributed by atoms with Crippen LogP contribution in [0, 0.1) is 0 Å². The van der Waals surface area contributed by atoms with E-state index >= 15 is 0 Å². The van der Waals surface area contributed by atoms with Gasteiger partial charge in [-0.05, 0) is 12.5 Å². The van der Waals surface area contributed by atoms with E-state index in [4.69, 9.17) is 19.9 Å². The molecule has 2 N–H and O–H groups in total. The van der Waals surface area contributed by atoms with E-state index in [1.54, 1.807) is 14.2 Å². The number of methoxy groups -OCH3 is 2. The third-order valence-corrected chi connectivity index (χ3v) is 3.10. The lowest BCUT2D eigenvalue weighted by molar-refractivity contribution is 0.0711. The Balaban J connectivity index is 2.79. The summed E-state index contributed by atoms with van der Waals surface area (Å²) >= 11 is 0. The molecule has 0 saturated carbocycles. The molecule has 2 unspecified atom stereocenters. The van der Waals surface area contributed by atoms with Crippen LogP contribution in [0.5, 0.6) is 5.75 Å². The van der Waals surface area contributed by atoms with Crippen LogP contribution in [0.2, 0.25) is 0 Å². The Hall–Kier alpha value is -1.10. The van der Waals surface area contributed by atoms with E-state index in [9.17, 15) is 0 Å². The smallest absolute Gasteiger partial charge is 0.124 e. The lowest BCUT2D eigenvalue weighted by atomic mass is 9.98. The van der Waals surface area contributed by atoms with Gasteiger partial charge in [0.15, 0.2) is 0 Å². The number of hydrogen-bond donors (Lipinski definition) is 1. The minimum Gasteiger partial charge on any atom is -0.491 e. The van der Waals surface area contributed by atoms with Crippen molar-refractivity contribution < 1.29 is 14.2 Å². The van der Waals surface area contributed by atoms with Gasteiger partial charge in [0, 0.05) is 19.8 Å². The first-order valence-corrected chi connectivity index (χ1v) is 6.73. The molecule has 0 aliphatic rings. The predicted molar refractivity (Wildman–Crippen MR) is 76.4 cm³/mol. The molecule has 0 fully saturated rings. The van der Waals surface area contributed by atoms with Crippen molar-refractivity contribution in [1.29, 1.82) is 0 Å². The molecule has 0 aromatic heterocycles. The molecule has 0 spiro atoms. The fraction of sp³-hybridized carbons (Fsp3) is 0.600. The van der Waals surface area contributed by atoms with Crippen LogP contribution in [-0.2, 0) is 9.47 Å². The molecule has 0 saturated heterocycles. The maximum absolute atomic E-state index is 6.30. The molecule has 1 aromatic carbocycles. The van der Waals surface area contributed by atoms with Crippen molar-refractivity contribution in [1.82, 2.24) is 0 Å². The third kappa shape index (κ3) is 4.82. The average Bonchev–Trinajstić information content (AvgIpc) is 2.45. The van der Waals surface area contributed by atoms with Gasteiger partial charge in [-0.25, -0.2) is 0 Å².